The molecule has 3 nitrogen and oxygen atoms in total. The molecular weight excluding hydrogens is 334 g/mol. The zero-order valence-corrected chi connectivity index (χ0v) is 14.9. The summed E-state index contributed by atoms with van der Waals surface area (Å²) >= 11 is 0. The Balaban J connectivity index is 1.61. The number of benzene rings is 3. The summed E-state index contributed by atoms with van der Waals surface area (Å²) in [5.74, 6) is 0. The Morgan fingerprint density at radius 3 is 2.70 bits per heavy atom. The minimum atomic E-state index is -0.175. The largest absolute Gasteiger partial charge is 0.422 e. The zero-order valence-electron chi connectivity index (χ0n) is 14.9. The second-order valence-electron chi connectivity index (χ2n) is 7.65. The van der Waals surface area contributed by atoms with Gasteiger partial charge >= 0.3 is 5.63 Å². The second kappa shape index (κ2) is 5.54. The number of hydrogen-bond acceptors (Lipinski definition) is 3. The molecule has 3 heterocycles. The first kappa shape index (κ1) is 15.2. The Bertz CT molecular complexity index is 1270. The third-order valence-corrected chi connectivity index (χ3v) is 6.29. The van der Waals surface area contributed by atoms with Crippen LogP contribution >= 0.6 is 0 Å². The van der Waals surface area contributed by atoms with Gasteiger partial charge in [0.15, 0.2) is 0 Å². The Labute approximate surface area is 156 Å². The molecule has 4 aromatic rings. The molecule has 27 heavy (non-hydrogen) atoms. The summed E-state index contributed by atoms with van der Waals surface area (Å²) in [5.41, 5.74) is 5.43. The molecule has 3 aromatic carbocycles. The summed E-state index contributed by atoms with van der Waals surface area (Å²) in [6.45, 7) is 1.68. The van der Waals surface area contributed by atoms with Crippen molar-refractivity contribution in [3.8, 4) is 0 Å². The van der Waals surface area contributed by atoms with Crippen LogP contribution in [0.2, 0.25) is 0 Å². The number of rotatable bonds is 0. The van der Waals surface area contributed by atoms with E-state index in [0.717, 1.165) is 46.7 Å². The molecule has 0 fully saturated rings. The van der Waals surface area contributed by atoms with Crippen molar-refractivity contribution in [3.05, 3.63) is 93.3 Å². The molecule has 1 aromatic heterocycles. The molecule has 0 aliphatic carbocycles. The first-order chi connectivity index (χ1) is 13.3. The van der Waals surface area contributed by atoms with Crippen LogP contribution in [0.25, 0.3) is 21.7 Å². The van der Waals surface area contributed by atoms with Crippen LogP contribution in [-0.2, 0) is 19.4 Å². The van der Waals surface area contributed by atoms with Gasteiger partial charge in [-0.1, -0.05) is 60.7 Å². The van der Waals surface area contributed by atoms with Gasteiger partial charge in [-0.05, 0) is 34.9 Å². The Kier molecular flexibility index (Phi) is 3.12. The molecule has 1 unspecified atom stereocenters. The first-order valence-electron chi connectivity index (χ1n) is 9.58. The number of hydrogen-bond donors (Lipinski definition) is 0. The van der Waals surface area contributed by atoms with Gasteiger partial charge in [0.05, 0.1) is 5.56 Å². The average molecular weight is 353 g/mol. The van der Waals surface area contributed by atoms with Gasteiger partial charge in [-0.15, -0.1) is 0 Å². The highest BCUT2D eigenvalue weighted by Crippen LogP contribution is 2.40. The molecule has 2 aliphatic rings. The van der Waals surface area contributed by atoms with E-state index in [1.807, 2.05) is 18.2 Å². The van der Waals surface area contributed by atoms with Crippen molar-refractivity contribution in [1.82, 2.24) is 4.90 Å². The summed E-state index contributed by atoms with van der Waals surface area (Å²) in [5, 5.41) is 3.21. The highest BCUT2D eigenvalue weighted by molar-refractivity contribution is 6.05. The molecule has 6 rings (SSSR count). The molecule has 1 atom stereocenters. The molecular formula is C24H19NO2. The van der Waals surface area contributed by atoms with Gasteiger partial charge in [0.2, 0.25) is 0 Å². The van der Waals surface area contributed by atoms with Gasteiger partial charge in [-0.3, -0.25) is 4.90 Å². The van der Waals surface area contributed by atoms with Crippen LogP contribution in [0.5, 0.6) is 0 Å². The van der Waals surface area contributed by atoms with Crippen LogP contribution in [0, 0.1) is 0 Å². The molecule has 2 aliphatic heterocycles. The molecule has 0 amide bonds. The van der Waals surface area contributed by atoms with E-state index in [1.54, 1.807) is 0 Å². The third kappa shape index (κ3) is 2.15. The van der Waals surface area contributed by atoms with E-state index < -0.39 is 0 Å². The fourth-order valence-corrected chi connectivity index (χ4v) is 4.95. The Morgan fingerprint density at radius 1 is 0.889 bits per heavy atom. The summed E-state index contributed by atoms with van der Waals surface area (Å²) in [6, 6.07) is 21.5. The van der Waals surface area contributed by atoms with Crippen molar-refractivity contribution >= 4 is 21.7 Å². The van der Waals surface area contributed by atoms with Gasteiger partial charge in [0.25, 0.3) is 0 Å². The minimum absolute atomic E-state index is 0.175. The van der Waals surface area contributed by atoms with Crippen LogP contribution in [0.3, 0.4) is 0 Å². The fraction of sp³-hybridized carbons (Fsp3) is 0.208. The zero-order chi connectivity index (χ0) is 18.0. The monoisotopic (exact) mass is 353 g/mol. The normalized spacial score (nSPS) is 18.9. The SMILES string of the molecule is O=c1oc2c(ccc3ccccc32)c2c1CN1CCc3ccccc3C1C2. The Morgan fingerprint density at radius 2 is 1.74 bits per heavy atom. The molecule has 3 heteroatoms. The lowest BCUT2D eigenvalue weighted by Gasteiger charge is -2.41. The predicted molar refractivity (Wildman–Crippen MR) is 107 cm³/mol. The smallest absolute Gasteiger partial charge is 0.341 e. The lowest BCUT2D eigenvalue weighted by molar-refractivity contribution is 0.159. The van der Waals surface area contributed by atoms with Crippen molar-refractivity contribution < 1.29 is 4.42 Å². The van der Waals surface area contributed by atoms with Gasteiger partial charge in [0.1, 0.15) is 5.58 Å². The van der Waals surface area contributed by atoms with Crippen molar-refractivity contribution in [3.63, 3.8) is 0 Å². The van der Waals surface area contributed by atoms with Crippen LogP contribution in [0.1, 0.15) is 28.3 Å². The highest BCUT2D eigenvalue weighted by atomic mass is 16.4. The topological polar surface area (TPSA) is 33.5 Å². The van der Waals surface area contributed by atoms with Gasteiger partial charge in [-0.25, -0.2) is 4.79 Å². The van der Waals surface area contributed by atoms with E-state index in [4.69, 9.17) is 4.42 Å². The van der Waals surface area contributed by atoms with E-state index >= 15 is 0 Å². The maximum atomic E-state index is 12.8. The van der Waals surface area contributed by atoms with Crippen LogP contribution in [0.15, 0.2) is 69.9 Å². The summed E-state index contributed by atoms with van der Waals surface area (Å²) in [7, 11) is 0. The summed E-state index contributed by atoms with van der Waals surface area (Å²) < 4.78 is 5.84. The lowest BCUT2D eigenvalue weighted by atomic mass is 9.83. The first-order valence-corrected chi connectivity index (χ1v) is 9.58. The predicted octanol–water partition coefficient (Wildman–Crippen LogP) is 4.60. The van der Waals surface area contributed by atoms with Gasteiger partial charge < -0.3 is 4.42 Å². The van der Waals surface area contributed by atoms with Crippen LogP contribution in [-0.4, -0.2) is 11.4 Å². The van der Waals surface area contributed by atoms with Crippen molar-refractivity contribution in [2.24, 2.45) is 0 Å². The van der Waals surface area contributed by atoms with E-state index in [0.29, 0.717) is 12.6 Å². The second-order valence-corrected chi connectivity index (χ2v) is 7.65. The van der Waals surface area contributed by atoms with E-state index in [-0.39, 0.29) is 5.63 Å². The highest BCUT2D eigenvalue weighted by Gasteiger charge is 2.34. The lowest BCUT2D eigenvalue weighted by Crippen LogP contribution is -2.41. The molecule has 132 valence electrons. The van der Waals surface area contributed by atoms with Crippen LogP contribution in [0.4, 0.5) is 0 Å². The summed E-state index contributed by atoms with van der Waals surface area (Å²) in [4.78, 5) is 15.3. The van der Waals surface area contributed by atoms with Crippen molar-refractivity contribution in [1.29, 1.82) is 0 Å². The molecule has 0 radical (unpaired) electrons. The van der Waals surface area contributed by atoms with E-state index in [2.05, 4.69) is 47.4 Å². The van der Waals surface area contributed by atoms with Gasteiger partial charge in [0, 0.05) is 29.9 Å². The third-order valence-electron chi connectivity index (χ3n) is 6.29. The van der Waals surface area contributed by atoms with Crippen molar-refractivity contribution in [2.45, 2.75) is 25.4 Å². The number of nitrogens with zero attached hydrogens (tertiary/aromatic N) is 1. The van der Waals surface area contributed by atoms with Gasteiger partial charge in [-0.2, -0.15) is 0 Å². The molecule has 0 saturated heterocycles. The fourth-order valence-electron chi connectivity index (χ4n) is 4.95. The van der Waals surface area contributed by atoms with E-state index in [9.17, 15) is 4.79 Å². The minimum Gasteiger partial charge on any atom is -0.422 e. The average Bonchev–Trinajstić information content (AvgIpc) is 2.72. The number of fused-ring (bicyclic) bond motifs is 8. The van der Waals surface area contributed by atoms with E-state index in [1.165, 1.54) is 16.7 Å². The van der Waals surface area contributed by atoms with Crippen molar-refractivity contribution in [2.75, 3.05) is 6.54 Å². The Hall–Kier alpha value is -2.91. The quantitative estimate of drug-likeness (QED) is 0.342. The maximum absolute atomic E-state index is 12.8. The molecule has 0 saturated carbocycles. The molecule has 0 spiro atoms. The standard InChI is InChI=1S/C24H19NO2/c26-24-21-14-25-12-11-16-6-1-3-7-17(16)22(25)13-20(21)19-10-9-15-5-2-4-8-18(15)23(19)27-24/h1-10,22H,11-14H2. The molecule has 0 bridgehead atoms. The summed E-state index contributed by atoms with van der Waals surface area (Å²) in [6.07, 6.45) is 1.92. The maximum Gasteiger partial charge on any atom is 0.341 e. The molecule has 0 N–H and O–H groups in total. The van der Waals surface area contributed by atoms with Crippen LogP contribution < -0.4 is 5.63 Å².